The maximum atomic E-state index is 13.7. The fraction of sp³-hybridized carbons (Fsp3) is 0.357. The Hall–Kier alpha value is -3.03. The number of hydrogen-bond acceptors (Lipinski definition) is 5. The number of ether oxygens (including phenoxy) is 2. The van der Waals surface area contributed by atoms with Crippen LogP contribution in [0.15, 0.2) is 60.0 Å². The lowest BCUT2D eigenvalue weighted by atomic mass is 10.0. The first kappa shape index (κ1) is 24.7. The van der Waals surface area contributed by atoms with E-state index in [1.54, 1.807) is 59.7 Å². The molecule has 2 heterocycles. The molecule has 1 atom stereocenters. The molecule has 2 aliphatic rings. The summed E-state index contributed by atoms with van der Waals surface area (Å²) in [5.74, 6) is 1.69. The molecule has 1 saturated carbocycles. The van der Waals surface area contributed by atoms with Crippen molar-refractivity contribution in [2.24, 2.45) is 5.92 Å². The van der Waals surface area contributed by atoms with E-state index in [-0.39, 0.29) is 24.4 Å². The van der Waals surface area contributed by atoms with Crippen LogP contribution in [0.2, 0.25) is 5.02 Å². The van der Waals surface area contributed by atoms with E-state index in [2.05, 4.69) is 11.4 Å². The lowest BCUT2D eigenvalue weighted by Gasteiger charge is -2.37. The van der Waals surface area contributed by atoms with Crippen LogP contribution in [-0.2, 0) is 11.2 Å². The molecule has 188 valence electrons. The van der Waals surface area contributed by atoms with E-state index in [1.807, 2.05) is 17.0 Å². The maximum absolute atomic E-state index is 13.7. The Bertz CT molecular complexity index is 1210. The summed E-state index contributed by atoms with van der Waals surface area (Å²) in [5.41, 5.74) is 1.69. The summed E-state index contributed by atoms with van der Waals surface area (Å²) in [5, 5.41) is 2.72. The minimum atomic E-state index is -0.206. The van der Waals surface area contributed by atoms with Gasteiger partial charge in [0.15, 0.2) is 0 Å². The van der Waals surface area contributed by atoms with Crippen molar-refractivity contribution in [3.63, 3.8) is 0 Å². The van der Waals surface area contributed by atoms with Gasteiger partial charge < -0.3 is 19.3 Å². The number of methoxy groups -OCH3 is 1. The van der Waals surface area contributed by atoms with Gasteiger partial charge in [-0.1, -0.05) is 11.6 Å². The van der Waals surface area contributed by atoms with Gasteiger partial charge in [0.2, 0.25) is 5.91 Å². The van der Waals surface area contributed by atoms with Gasteiger partial charge in [0, 0.05) is 28.6 Å². The Morgan fingerprint density at radius 1 is 1.06 bits per heavy atom. The minimum absolute atomic E-state index is 0.0538. The third-order valence-corrected chi connectivity index (χ3v) is 8.01. The molecule has 36 heavy (non-hydrogen) atoms. The van der Waals surface area contributed by atoms with Gasteiger partial charge >= 0.3 is 0 Å². The van der Waals surface area contributed by atoms with Gasteiger partial charge in [0.1, 0.15) is 24.7 Å². The minimum Gasteiger partial charge on any atom is -0.497 e. The fourth-order valence-corrected chi connectivity index (χ4v) is 5.64. The summed E-state index contributed by atoms with van der Waals surface area (Å²) in [7, 11) is 1.60. The number of carbonyl (C=O) groups is 2. The van der Waals surface area contributed by atoms with Gasteiger partial charge in [0.05, 0.1) is 13.2 Å². The lowest BCUT2D eigenvalue weighted by Crippen LogP contribution is -2.48. The molecule has 1 aliphatic carbocycles. The Balaban J connectivity index is 1.32. The van der Waals surface area contributed by atoms with Crippen LogP contribution >= 0.6 is 22.9 Å². The molecule has 0 unspecified atom stereocenters. The first-order valence-electron chi connectivity index (χ1n) is 12.2. The van der Waals surface area contributed by atoms with Crippen LogP contribution in [0.1, 0.15) is 39.7 Å². The summed E-state index contributed by atoms with van der Waals surface area (Å²) in [6.45, 7) is 1.60. The quantitative estimate of drug-likeness (QED) is 0.372. The highest BCUT2D eigenvalue weighted by Crippen LogP contribution is 2.35. The maximum Gasteiger partial charge on any atom is 0.254 e. The largest absolute Gasteiger partial charge is 0.497 e. The molecule has 0 saturated heterocycles. The van der Waals surface area contributed by atoms with E-state index < -0.39 is 0 Å². The SMILES string of the molecule is COc1ccc(C(=O)N(CC(=O)N2CCc3sccc3[C@@H]2COc2ccc(Cl)cc2)CC2CC2)cc1. The number of thiophene rings is 1. The van der Waals surface area contributed by atoms with Crippen molar-refractivity contribution in [3.05, 3.63) is 81.0 Å². The van der Waals surface area contributed by atoms with Crippen LogP contribution in [0.25, 0.3) is 0 Å². The van der Waals surface area contributed by atoms with Crippen LogP contribution in [0.5, 0.6) is 11.5 Å². The Labute approximate surface area is 220 Å². The summed E-state index contributed by atoms with van der Waals surface area (Å²) in [4.78, 5) is 31.9. The van der Waals surface area contributed by atoms with Gasteiger partial charge in [-0.2, -0.15) is 0 Å². The molecule has 0 N–H and O–H groups in total. The molecule has 0 bridgehead atoms. The zero-order valence-electron chi connectivity index (χ0n) is 20.2. The first-order chi connectivity index (χ1) is 17.5. The number of carbonyl (C=O) groups excluding carboxylic acids is 2. The van der Waals surface area contributed by atoms with Crippen molar-refractivity contribution in [1.82, 2.24) is 9.80 Å². The van der Waals surface area contributed by atoms with Crippen LogP contribution in [-0.4, -0.2) is 55.0 Å². The highest BCUT2D eigenvalue weighted by Gasteiger charge is 2.35. The number of benzene rings is 2. The molecule has 1 aromatic heterocycles. The number of rotatable bonds is 9. The topological polar surface area (TPSA) is 59.1 Å². The average Bonchev–Trinajstić information content (AvgIpc) is 3.59. The fourth-order valence-electron chi connectivity index (χ4n) is 4.58. The summed E-state index contributed by atoms with van der Waals surface area (Å²) < 4.78 is 11.3. The number of hydrogen-bond donors (Lipinski definition) is 0. The van der Waals surface area contributed by atoms with Gasteiger partial charge in [-0.05, 0) is 90.7 Å². The van der Waals surface area contributed by atoms with E-state index in [1.165, 1.54) is 4.88 Å². The third kappa shape index (κ3) is 5.68. The number of halogens is 1. The van der Waals surface area contributed by atoms with Crippen molar-refractivity contribution in [2.45, 2.75) is 25.3 Å². The number of fused-ring (bicyclic) bond motifs is 1. The van der Waals surface area contributed by atoms with Crippen LogP contribution < -0.4 is 9.47 Å². The Morgan fingerprint density at radius 3 is 2.47 bits per heavy atom. The summed E-state index contributed by atoms with van der Waals surface area (Å²) in [6, 6.07) is 16.2. The predicted octanol–water partition coefficient (Wildman–Crippen LogP) is 5.47. The molecular formula is C28H29ClN2O4S. The molecule has 0 radical (unpaired) electrons. The van der Waals surface area contributed by atoms with Gasteiger partial charge in [-0.25, -0.2) is 0 Å². The van der Waals surface area contributed by atoms with Crippen molar-refractivity contribution in [3.8, 4) is 11.5 Å². The standard InChI is InChI=1S/C28H29ClN2O4S/c1-34-22-8-4-20(5-9-22)28(33)30(16-19-2-3-19)17-27(32)31-14-12-26-24(13-15-36-26)25(31)18-35-23-10-6-21(29)7-11-23/h4-11,13,15,19,25H,2-3,12,14,16-18H2,1H3/t25-/m0/s1. The van der Waals surface area contributed by atoms with E-state index in [4.69, 9.17) is 21.1 Å². The average molecular weight is 525 g/mol. The van der Waals surface area contributed by atoms with E-state index in [9.17, 15) is 9.59 Å². The van der Waals surface area contributed by atoms with E-state index in [0.717, 1.165) is 24.8 Å². The summed E-state index contributed by atoms with van der Waals surface area (Å²) in [6.07, 6.45) is 3.01. The highest BCUT2D eigenvalue weighted by atomic mass is 35.5. The van der Waals surface area contributed by atoms with Gasteiger partial charge in [-0.3, -0.25) is 9.59 Å². The second kappa shape index (κ2) is 10.9. The lowest BCUT2D eigenvalue weighted by molar-refractivity contribution is -0.135. The van der Waals surface area contributed by atoms with Crippen molar-refractivity contribution < 1.29 is 19.1 Å². The first-order valence-corrected chi connectivity index (χ1v) is 13.4. The molecule has 2 amide bonds. The Morgan fingerprint density at radius 2 is 1.78 bits per heavy atom. The molecule has 2 aromatic carbocycles. The zero-order chi connectivity index (χ0) is 25.1. The summed E-state index contributed by atoms with van der Waals surface area (Å²) >= 11 is 7.72. The number of amides is 2. The third-order valence-electron chi connectivity index (χ3n) is 6.76. The van der Waals surface area contributed by atoms with Crippen molar-refractivity contribution in [1.29, 1.82) is 0 Å². The zero-order valence-corrected chi connectivity index (χ0v) is 21.8. The van der Waals surface area contributed by atoms with Gasteiger partial charge in [-0.15, -0.1) is 11.3 Å². The van der Waals surface area contributed by atoms with Crippen molar-refractivity contribution >= 4 is 34.8 Å². The molecule has 3 aromatic rings. The second-order valence-corrected chi connectivity index (χ2v) is 10.7. The number of nitrogens with zero attached hydrogens (tertiary/aromatic N) is 2. The molecule has 6 nitrogen and oxygen atoms in total. The molecule has 1 fully saturated rings. The molecular weight excluding hydrogens is 496 g/mol. The predicted molar refractivity (Wildman–Crippen MR) is 141 cm³/mol. The molecule has 1 aliphatic heterocycles. The monoisotopic (exact) mass is 524 g/mol. The van der Waals surface area contributed by atoms with Crippen LogP contribution in [0.3, 0.4) is 0 Å². The smallest absolute Gasteiger partial charge is 0.254 e. The van der Waals surface area contributed by atoms with Crippen LogP contribution in [0.4, 0.5) is 0 Å². The normalized spacial score (nSPS) is 16.8. The molecule has 0 spiro atoms. The van der Waals surface area contributed by atoms with Gasteiger partial charge in [0.25, 0.3) is 5.91 Å². The highest BCUT2D eigenvalue weighted by molar-refractivity contribution is 7.10. The van der Waals surface area contributed by atoms with Crippen LogP contribution in [0, 0.1) is 5.92 Å². The second-order valence-electron chi connectivity index (χ2n) is 9.27. The van der Waals surface area contributed by atoms with E-state index in [0.29, 0.717) is 47.7 Å². The van der Waals surface area contributed by atoms with Crippen molar-refractivity contribution in [2.75, 3.05) is 33.4 Å². The Kier molecular flexibility index (Phi) is 7.48. The van der Waals surface area contributed by atoms with E-state index >= 15 is 0 Å². The molecule has 5 rings (SSSR count). The molecule has 8 heteroatoms.